The quantitative estimate of drug-likeness (QED) is 0.564. The van der Waals surface area contributed by atoms with E-state index in [2.05, 4.69) is 14.8 Å². The number of ether oxygens (including phenoxy) is 1. The fourth-order valence-corrected chi connectivity index (χ4v) is 4.40. The summed E-state index contributed by atoms with van der Waals surface area (Å²) in [5.74, 6) is -1.43. The summed E-state index contributed by atoms with van der Waals surface area (Å²) in [6, 6.07) is 9.04. The lowest BCUT2D eigenvalue weighted by Crippen LogP contribution is -2.52. The van der Waals surface area contributed by atoms with Gasteiger partial charge in [0.2, 0.25) is 21.8 Å². The Labute approximate surface area is 205 Å². The number of para-hydroxylation sites is 1. The van der Waals surface area contributed by atoms with Gasteiger partial charge in [0.05, 0.1) is 17.8 Å². The Balaban J connectivity index is 1.76. The van der Waals surface area contributed by atoms with E-state index in [1.165, 1.54) is 47.4 Å². The lowest BCUT2D eigenvalue weighted by atomic mass is 10.0. The smallest absolute Gasteiger partial charge is 0.405 e. The molecule has 0 bridgehead atoms. The minimum Gasteiger partial charge on any atom is -0.405 e. The van der Waals surface area contributed by atoms with Crippen molar-refractivity contribution in [2.75, 3.05) is 24.7 Å². The van der Waals surface area contributed by atoms with Crippen molar-refractivity contribution in [2.45, 2.75) is 31.7 Å². The minimum atomic E-state index is -4.88. The zero-order valence-corrected chi connectivity index (χ0v) is 20.1. The van der Waals surface area contributed by atoms with Crippen molar-refractivity contribution < 1.29 is 35.9 Å². The number of halogens is 4. The van der Waals surface area contributed by atoms with Gasteiger partial charge in [0.1, 0.15) is 11.8 Å². The number of likely N-dealkylation sites (tertiary alicyclic amines) is 1. The van der Waals surface area contributed by atoms with Crippen LogP contribution < -0.4 is 14.8 Å². The Kier molecular flexibility index (Phi) is 8.29. The molecule has 2 aromatic rings. The van der Waals surface area contributed by atoms with E-state index in [1.54, 1.807) is 0 Å². The molecule has 2 amide bonds. The van der Waals surface area contributed by atoms with Crippen LogP contribution in [0.15, 0.2) is 42.5 Å². The van der Waals surface area contributed by atoms with Crippen LogP contribution in [0.2, 0.25) is 5.02 Å². The van der Waals surface area contributed by atoms with Crippen LogP contribution in [0.1, 0.15) is 19.3 Å². The summed E-state index contributed by atoms with van der Waals surface area (Å²) in [4.78, 5) is 26.8. The van der Waals surface area contributed by atoms with Gasteiger partial charge in [0, 0.05) is 23.4 Å². The third-order valence-electron chi connectivity index (χ3n) is 5.25. The van der Waals surface area contributed by atoms with Crippen molar-refractivity contribution in [1.29, 1.82) is 0 Å². The molecule has 2 N–H and O–H groups in total. The molecule has 0 spiro atoms. The first kappa shape index (κ1) is 26.8. The Bertz CT molecular complexity index is 1210. The van der Waals surface area contributed by atoms with Crippen LogP contribution in [0, 0.1) is 0 Å². The van der Waals surface area contributed by atoms with Gasteiger partial charge < -0.3 is 15.0 Å². The molecule has 0 aliphatic carbocycles. The van der Waals surface area contributed by atoms with Gasteiger partial charge in [-0.3, -0.25) is 9.59 Å². The molecule has 13 heteroatoms. The van der Waals surface area contributed by atoms with Gasteiger partial charge in [-0.2, -0.15) is 0 Å². The molecule has 1 fully saturated rings. The highest BCUT2D eigenvalue weighted by molar-refractivity contribution is 7.88. The molecule has 1 atom stereocenters. The van der Waals surface area contributed by atoms with Crippen LogP contribution in [0.3, 0.4) is 0 Å². The number of sulfonamides is 1. The lowest BCUT2D eigenvalue weighted by Gasteiger charge is -2.34. The number of piperidine rings is 1. The summed E-state index contributed by atoms with van der Waals surface area (Å²) >= 11 is 6.32. The third kappa shape index (κ3) is 7.58. The summed E-state index contributed by atoms with van der Waals surface area (Å²) in [5.41, 5.74) is 0.672. The predicted octanol–water partition coefficient (Wildman–Crippen LogP) is 3.77. The van der Waals surface area contributed by atoms with Crippen LogP contribution in [-0.4, -0.2) is 56.9 Å². The van der Waals surface area contributed by atoms with Crippen molar-refractivity contribution in [2.24, 2.45) is 0 Å². The number of alkyl halides is 3. The maximum absolute atomic E-state index is 12.9. The second-order valence-electron chi connectivity index (χ2n) is 7.92. The van der Waals surface area contributed by atoms with E-state index in [0.29, 0.717) is 25.8 Å². The van der Waals surface area contributed by atoms with Crippen LogP contribution in [0.5, 0.6) is 5.75 Å². The maximum Gasteiger partial charge on any atom is 0.573 e. The first-order valence-corrected chi connectivity index (χ1v) is 12.8. The van der Waals surface area contributed by atoms with Gasteiger partial charge in [0.15, 0.2) is 0 Å². The van der Waals surface area contributed by atoms with Gasteiger partial charge in [0.25, 0.3) is 0 Å². The van der Waals surface area contributed by atoms with Gasteiger partial charge in [-0.25, -0.2) is 13.1 Å². The lowest BCUT2D eigenvalue weighted by molar-refractivity contribution is -0.274. The molecule has 0 radical (unpaired) electrons. The summed E-state index contributed by atoms with van der Waals surface area (Å²) in [7, 11) is -3.57. The van der Waals surface area contributed by atoms with E-state index in [1.807, 2.05) is 0 Å². The molecular weight excluding hydrogens is 511 g/mol. The number of anilines is 1. The molecule has 0 saturated carbocycles. The molecular formula is C22H23ClF3N3O5S. The van der Waals surface area contributed by atoms with Crippen molar-refractivity contribution in [1.82, 2.24) is 9.62 Å². The average molecular weight is 534 g/mol. The van der Waals surface area contributed by atoms with Crippen molar-refractivity contribution >= 4 is 39.1 Å². The first-order valence-electron chi connectivity index (χ1n) is 10.5. The number of nitrogens with one attached hydrogen (secondary N) is 2. The van der Waals surface area contributed by atoms with E-state index in [9.17, 15) is 31.2 Å². The fraction of sp³-hybridized carbons (Fsp3) is 0.364. The number of carbonyl (C=O) groups excluding carboxylic acids is 2. The van der Waals surface area contributed by atoms with Crippen molar-refractivity contribution in [3.8, 4) is 16.9 Å². The van der Waals surface area contributed by atoms with Gasteiger partial charge >= 0.3 is 6.36 Å². The van der Waals surface area contributed by atoms with Crippen LogP contribution in [0.4, 0.5) is 18.9 Å². The predicted molar refractivity (Wildman–Crippen MR) is 124 cm³/mol. The van der Waals surface area contributed by atoms with E-state index >= 15 is 0 Å². The molecule has 1 unspecified atom stereocenters. The summed E-state index contributed by atoms with van der Waals surface area (Å²) in [5, 5.41) is 2.75. The number of benzene rings is 2. The molecule has 1 aliphatic rings. The largest absolute Gasteiger partial charge is 0.573 e. The monoisotopic (exact) mass is 533 g/mol. The van der Waals surface area contributed by atoms with Gasteiger partial charge in [-0.05, 0) is 37.5 Å². The Morgan fingerprint density at radius 3 is 2.51 bits per heavy atom. The summed E-state index contributed by atoms with van der Waals surface area (Å²) < 4.78 is 67.0. The number of nitrogens with zero attached hydrogens (tertiary/aromatic N) is 1. The summed E-state index contributed by atoms with van der Waals surface area (Å²) in [6.07, 6.45) is -2.17. The number of carbonyl (C=O) groups is 2. The van der Waals surface area contributed by atoms with E-state index in [-0.39, 0.29) is 21.8 Å². The second-order valence-corrected chi connectivity index (χ2v) is 10.2. The van der Waals surface area contributed by atoms with Crippen molar-refractivity contribution in [3.05, 3.63) is 47.5 Å². The van der Waals surface area contributed by atoms with Crippen LogP contribution in [-0.2, 0) is 19.6 Å². The zero-order valence-electron chi connectivity index (χ0n) is 18.6. The third-order valence-corrected chi connectivity index (χ3v) is 6.23. The SMILES string of the molecule is CS(=O)(=O)NCC(=O)N1CCCCC1C(=O)Nc1ccc(-c2ccccc2OC(F)(F)F)c(Cl)c1. The van der Waals surface area contributed by atoms with E-state index in [4.69, 9.17) is 11.6 Å². The maximum atomic E-state index is 12.9. The van der Waals surface area contributed by atoms with E-state index < -0.39 is 46.5 Å². The molecule has 1 saturated heterocycles. The second kappa shape index (κ2) is 10.8. The molecule has 1 heterocycles. The minimum absolute atomic E-state index is 0.0787. The molecule has 35 heavy (non-hydrogen) atoms. The highest BCUT2D eigenvalue weighted by Gasteiger charge is 2.33. The number of hydrogen-bond acceptors (Lipinski definition) is 5. The Morgan fingerprint density at radius 1 is 1.14 bits per heavy atom. The Hall–Kier alpha value is -2.83. The normalized spacial score (nSPS) is 16.6. The molecule has 0 aromatic heterocycles. The van der Waals surface area contributed by atoms with Gasteiger partial charge in [-0.15, -0.1) is 13.2 Å². The van der Waals surface area contributed by atoms with Gasteiger partial charge in [-0.1, -0.05) is 35.9 Å². The fourth-order valence-electron chi connectivity index (χ4n) is 3.74. The molecule has 190 valence electrons. The van der Waals surface area contributed by atoms with E-state index in [0.717, 1.165) is 6.26 Å². The van der Waals surface area contributed by atoms with Crippen LogP contribution >= 0.6 is 11.6 Å². The number of amides is 2. The average Bonchev–Trinajstić information content (AvgIpc) is 2.77. The first-order chi connectivity index (χ1) is 16.3. The standard InChI is InChI=1S/C22H23ClF3N3O5S/c1-35(32,33)27-13-20(30)29-11-5-4-7-18(29)21(31)28-14-9-10-15(17(23)12-14)16-6-2-3-8-19(16)34-22(24,25)26/h2-3,6,8-10,12,18,27H,4-5,7,11,13H2,1H3,(H,28,31). The molecule has 1 aliphatic heterocycles. The Morgan fingerprint density at radius 2 is 1.86 bits per heavy atom. The molecule has 8 nitrogen and oxygen atoms in total. The highest BCUT2D eigenvalue weighted by Crippen LogP contribution is 2.38. The number of hydrogen-bond donors (Lipinski definition) is 2. The molecule has 3 rings (SSSR count). The summed E-state index contributed by atoms with van der Waals surface area (Å²) in [6.45, 7) is -0.152. The van der Waals surface area contributed by atoms with Crippen LogP contribution in [0.25, 0.3) is 11.1 Å². The zero-order chi connectivity index (χ0) is 25.8. The highest BCUT2D eigenvalue weighted by atomic mass is 35.5. The topological polar surface area (TPSA) is 105 Å². The number of rotatable bonds is 7. The molecule has 2 aromatic carbocycles. The van der Waals surface area contributed by atoms with Crippen molar-refractivity contribution in [3.63, 3.8) is 0 Å².